The summed E-state index contributed by atoms with van der Waals surface area (Å²) in [7, 11) is 0. The van der Waals surface area contributed by atoms with Crippen LogP contribution in [0.5, 0.6) is 0 Å². The fourth-order valence-electron chi connectivity index (χ4n) is 1.95. The van der Waals surface area contributed by atoms with Gasteiger partial charge in [-0.2, -0.15) is 0 Å². The van der Waals surface area contributed by atoms with Crippen LogP contribution in [0.4, 0.5) is 0 Å². The summed E-state index contributed by atoms with van der Waals surface area (Å²) in [6.45, 7) is 7.95. The molecule has 2 nitrogen and oxygen atoms in total. The summed E-state index contributed by atoms with van der Waals surface area (Å²) in [6.07, 6.45) is 4.16. The van der Waals surface area contributed by atoms with Gasteiger partial charge >= 0.3 is 0 Å². The van der Waals surface area contributed by atoms with E-state index in [9.17, 15) is 0 Å². The van der Waals surface area contributed by atoms with Crippen LogP contribution >= 0.6 is 0 Å². The molecule has 1 unspecified atom stereocenters. The van der Waals surface area contributed by atoms with E-state index < -0.39 is 0 Å². The molecule has 0 aromatic rings. The van der Waals surface area contributed by atoms with Gasteiger partial charge in [-0.3, -0.25) is 5.26 Å². The highest BCUT2D eigenvalue weighted by atomic mass is 17.1. The van der Waals surface area contributed by atoms with Gasteiger partial charge in [-0.05, 0) is 45.4 Å². The molecule has 1 rings (SSSR count). The molecule has 0 saturated heterocycles. The van der Waals surface area contributed by atoms with Crippen LogP contribution in [0.1, 0.15) is 39.5 Å². The van der Waals surface area contributed by atoms with Gasteiger partial charge in [0.25, 0.3) is 0 Å². The summed E-state index contributed by atoms with van der Waals surface area (Å²) < 4.78 is 0. The summed E-state index contributed by atoms with van der Waals surface area (Å²) in [5.74, 6) is 0.524. The van der Waals surface area contributed by atoms with Crippen molar-refractivity contribution >= 4 is 0 Å². The van der Waals surface area contributed by atoms with Crippen molar-refractivity contribution in [3.8, 4) is 0 Å². The van der Waals surface area contributed by atoms with Gasteiger partial charge < -0.3 is 0 Å². The fourth-order valence-corrected chi connectivity index (χ4v) is 1.95. The van der Waals surface area contributed by atoms with E-state index in [1.54, 1.807) is 0 Å². The van der Waals surface area contributed by atoms with Crippen LogP contribution in [0.3, 0.4) is 0 Å². The Bertz CT molecular complexity index is 177. The summed E-state index contributed by atoms with van der Waals surface area (Å²) in [4.78, 5) is 4.52. The Balaban J connectivity index is 2.57. The lowest BCUT2D eigenvalue weighted by atomic mass is 9.76. The first-order chi connectivity index (χ1) is 5.57. The maximum Gasteiger partial charge on any atom is 0.101 e. The molecule has 0 aromatic heterocycles. The van der Waals surface area contributed by atoms with E-state index in [2.05, 4.69) is 11.5 Å². The highest BCUT2D eigenvalue weighted by Crippen LogP contribution is 2.37. The zero-order chi connectivity index (χ0) is 9.19. The normalized spacial score (nSPS) is 36.4. The number of rotatable bonds is 2. The van der Waals surface area contributed by atoms with E-state index in [1.807, 2.05) is 13.8 Å². The molecule has 1 N–H and O–H groups in total. The summed E-state index contributed by atoms with van der Waals surface area (Å²) in [6, 6.07) is 0. The van der Waals surface area contributed by atoms with Crippen LogP contribution < -0.4 is 0 Å². The standard InChI is InChI=1S/C10H18O2/c1-8(2)9-5-4-6-10(3,7-9)12-11/h9,11H,1,4-7H2,2-3H3/t9?,10-/m0/s1. The van der Waals surface area contributed by atoms with E-state index in [0.717, 1.165) is 19.3 Å². The third kappa shape index (κ3) is 2.08. The second kappa shape index (κ2) is 3.58. The number of hydrogen-bond acceptors (Lipinski definition) is 2. The van der Waals surface area contributed by atoms with Crippen LogP contribution in [0.25, 0.3) is 0 Å². The van der Waals surface area contributed by atoms with Gasteiger partial charge in [0.05, 0.1) is 0 Å². The summed E-state index contributed by atoms with van der Waals surface area (Å²) >= 11 is 0. The highest BCUT2D eigenvalue weighted by molar-refractivity contribution is 5.01. The van der Waals surface area contributed by atoms with Crippen molar-refractivity contribution in [2.45, 2.75) is 45.1 Å². The van der Waals surface area contributed by atoms with Crippen LogP contribution in [0, 0.1) is 5.92 Å². The van der Waals surface area contributed by atoms with Crippen molar-refractivity contribution < 1.29 is 10.1 Å². The molecule has 12 heavy (non-hydrogen) atoms. The lowest BCUT2D eigenvalue weighted by Crippen LogP contribution is -2.34. The van der Waals surface area contributed by atoms with Crippen LogP contribution in [0.15, 0.2) is 12.2 Å². The predicted molar refractivity (Wildman–Crippen MR) is 48.9 cm³/mol. The van der Waals surface area contributed by atoms with Gasteiger partial charge in [-0.1, -0.05) is 12.2 Å². The first kappa shape index (κ1) is 9.75. The lowest BCUT2D eigenvalue weighted by Gasteiger charge is -2.35. The minimum absolute atomic E-state index is 0.331. The molecule has 0 bridgehead atoms. The van der Waals surface area contributed by atoms with E-state index in [-0.39, 0.29) is 5.60 Å². The Hall–Kier alpha value is -0.340. The fraction of sp³-hybridized carbons (Fsp3) is 0.800. The van der Waals surface area contributed by atoms with Crippen molar-refractivity contribution in [3.63, 3.8) is 0 Å². The maximum absolute atomic E-state index is 8.72. The van der Waals surface area contributed by atoms with E-state index in [1.165, 1.54) is 12.0 Å². The Morgan fingerprint density at radius 2 is 2.33 bits per heavy atom. The molecular formula is C10H18O2. The molecule has 1 aliphatic carbocycles. The zero-order valence-corrected chi connectivity index (χ0v) is 7.97. The second-order valence-corrected chi connectivity index (χ2v) is 4.18. The van der Waals surface area contributed by atoms with Gasteiger partial charge in [-0.15, -0.1) is 0 Å². The third-order valence-electron chi connectivity index (χ3n) is 2.85. The van der Waals surface area contributed by atoms with Crippen molar-refractivity contribution in [1.82, 2.24) is 0 Å². The second-order valence-electron chi connectivity index (χ2n) is 4.18. The van der Waals surface area contributed by atoms with Crippen LogP contribution in [-0.2, 0) is 4.89 Å². The minimum atomic E-state index is -0.331. The van der Waals surface area contributed by atoms with Gasteiger partial charge in [0, 0.05) is 0 Å². The average molecular weight is 170 g/mol. The molecule has 2 atom stereocenters. The van der Waals surface area contributed by atoms with Crippen LogP contribution in [0.2, 0.25) is 0 Å². The minimum Gasteiger partial charge on any atom is -0.251 e. The molecule has 0 heterocycles. The number of allylic oxidation sites excluding steroid dienone is 1. The molecule has 0 amide bonds. The Morgan fingerprint density at radius 3 is 2.83 bits per heavy atom. The molecule has 0 aliphatic heterocycles. The van der Waals surface area contributed by atoms with Gasteiger partial charge in [0.15, 0.2) is 0 Å². The Labute approximate surface area is 74.2 Å². The summed E-state index contributed by atoms with van der Waals surface area (Å²) in [5.41, 5.74) is 0.875. The quantitative estimate of drug-likeness (QED) is 0.392. The van der Waals surface area contributed by atoms with Crippen LogP contribution in [-0.4, -0.2) is 10.9 Å². The average Bonchev–Trinajstić information content (AvgIpc) is 2.05. The molecule has 1 fully saturated rings. The largest absolute Gasteiger partial charge is 0.251 e. The first-order valence-corrected chi connectivity index (χ1v) is 4.55. The smallest absolute Gasteiger partial charge is 0.101 e. The van der Waals surface area contributed by atoms with E-state index >= 15 is 0 Å². The van der Waals surface area contributed by atoms with Crippen molar-refractivity contribution in [1.29, 1.82) is 0 Å². The van der Waals surface area contributed by atoms with Crippen molar-refractivity contribution in [2.24, 2.45) is 5.92 Å². The molecule has 2 heteroatoms. The number of hydrogen-bond donors (Lipinski definition) is 1. The predicted octanol–water partition coefficient (Wildman–Crippen LogP) is 3.00. The summed E-state index contributed by atoms with van der Waals surface area (Å²) in [5, 5.41) is 8.72. The highest BCUT2D eigenvalue weighted by Gasteiger charge is 2.33. The van der Waals surface area contributed by atoms with Crippen molar-refractivity contribution in [3.05, 3.63) is 12.2 Å². The Kier molecular flexibility index (Phi) is 2.91. The Morgan fingerprint density at radius 1 is 1.67 bits per heavy atom. The molecule has 1 saturated carbocycles. The van der Waals surface area contributed by atoms with Crippen molar-refractivity contribution in [2.75, 3.05) is 0 Å². The van der Waals surface area contributed by atoms with Gasteiger partial charge in [0.2, 0.25) is 0 Å². The SMILES string of the molecule is C=C(C)C1CCC[C@](C)(OO)C1. The lowest BCUT2D eigenvalue weighted by molar-refractivity contribution is -0.327. The third-order valence-corrected chi connectivity index (χ3v) is 2.85. The van der Waals surface area contributed by atoms with Gasteiger partial charge in [0.1, 0.15) is 5.60 Å². The topological polar surface area (TPSA) is 29.5 Å². The maximum atomic E-state index is 8.72. The zero-order valence-electron chi connectivity index (χ0n) is 7.97. The van der Waals surface area contributed by atoms with Gasteiger partial charge in [-0.25, -0.2) is 4.89 Å². The molecular weight excluding hydrogens is 152 g/mol. The molecule has 0 radical (unpaired) electrons. The monoisotopic (exact) mass is 170 g/mol. The van der Waals surface area contributed by atoms with E-state index in [4.69, 9.17) is 5.26 Å². The molecule has 0 aromatic carbocycles. The molecule has 70 valence electrons. The molecule has 1 aliphatic rings. The first-order valence-electron chi connectivity index (χ1n) is 4.55. The van der Waals surface area contributed by atoms with E-state index in [0.29, 0.717) is 5.92 Å². The molecule has 0 spiro atoms.